The molecule has 0 fully saturated rings. The fourth-order valence-corrected chi connectivity index (χ4v) is 2.30. The number of aromatic nitrogens is 1. The number of halogens is 4. The Labute approximate surface area is 117 Å². The van der Waals surface area contributed by atoms with Crippen molar-refractivity contribution >= 4 is 28.2 Å². The van der Waals surface area contributed by atoms with Crippen molar-refractivity contribution in [2.45, 2.75) is 25.6 Å². The van der Waals surface area contributed by atoms with Crippen LogP contribution in [0, 0.1) is 0 Å². The Morgan fingerprint density at radius 1 is 1.47 bits per heavy atom. The van der Waals surface area contributed by atoms with Crippen molar-refractivity contribution < 1.29 is 17.4 Å². The van der Waals surface area contributed by atoms with Crippen LogP contribution in [0.3, 0.4) is 0 Å². The smallest absolute Gasteiger partial charge is 0.368 e. The molecule has 0 bridgehead atoms. The lowest BCUT2D eigenvalue weighted by Crippen LogP contribution is -2.19. The van der Waals surface area contributed by atoms with E-state index in [0.717, 1.165) is 12.1 Å². The van der Waals surface area contributed by atoms with Gasteiger partial charge < -0.3 is 5.32 Å². The number of pyridine rings is 1. The van der Waals surface area contributed by atoms with Gasteiger partial charge in [-0.2, -0.15) is 13.2 Å². The molecule has 0 saturated heterocycles. The predicted octanol–water partition coefficient (Wildman–Crippen LogP) is 3.32. The Balaban J connectivity index is 2.78. The van der Waals surface area contributed by atoms with Crippen LogP contribution in [0.5, 0.6) is 0 Å². The van der Waals surface area contributed by atoms with Gasteiger partial charge >= 0.3 is 6.18 Å². The normalized spacial score (nSPS) is 15.1. The molecule has 0 spiro atoms. The summed E-state index contributed by atoms with van der Waals surface area (Å²) in [5.41, 5.74) is -0.846. The molecule has 0 aliphatic heterocycles. The van der Waals surface area contributed by atoms with Gasteiger partial charge in [0, 0.05) is 28.9 Å². The second-order valence-corrected chi connectivity index (χ2v) is 6.11. The molecule has 0 aliphatic rings. The van der Waals surface area contributed by atoms with Crippen molar-refractivity contribution in [3.8, 4) is 0 Å². The van der Waals surface area contributed by atoms with Crippen LogP contribution in [0.25, 0.3) is 0 Å². The number of hydrogen-bond donors (Lipinski definition) is 1. The molecule has 1 heterocycles. The maximum absolute atomic E-state index is 12.6. The van der Waals surface area contributed by atoms with E-state index in [2.05, 4.69) is 10.3 Å². The van der Waals surface area contributed by atoms with Gasteiger partial charge in [0.2, 0.25) is 0 Å². The molecule has 3 nitrogen and oxygen atoms in total. The fraction of sp³-hybridized carbons (Fsp3) is 0.545. The molecular weight excluding hydrogens is 301 g/mol. The van der Waals surface area contributed by atoms with Crippen molar-refractivity contribution in [3.63, 3.8) is 0 Å². The lowest BCUT2D eigenvalue weighted by Gasteiger charge is -2.15. The van der Waals surface area contributed by atoms with Crippen molar-refractivity contribution in [2.75, 3.05) is 17.3 Å². The van der Waals surface area contributed by atoms with E-state index in [1.807, 2.05) is 0 Å². The Bertz CT molecular complexity index is 468. The summed E-state index contributed by atoms with van der Waals surface area (Å²) in [6.07, 6.45) is -2.32. The zero-order valence-corrected chi connectivity index (χ0v) is 12.0. The number of rotatable bonds is 5. The molecule has 0 radical (unpaired) electrons. The van der Waals surface area contributed by atoms with E-state index >= 15 is 0 Å². The summed E-state index contributed by atoms with van der Waals surface area (Å²) < 4.78 is 48.7. The third-order valence-corrected chi connectivity index (χ3v) is 3.36. The molecule has 1 rings (SSSR count). The van der Waals surface area contributed by atoms with Crippen LogP contribution in [0.15, 0.2) is 12.1 Å². The van der Waals surface area contributed by atoms with E-state index in [-0.39, 0.29) is 17.0 Å². The van der Waals surface area contributed by atoms with E-state index in [1.165, 1.54) is 0 Å². The van der Waals surface area contributed by atoms with Gasteiger partial charge in [0.1, 0.15) is 11.0 Å². The quantitative estimate of drug-likeness (QED) is 0.848. The average molecular weight is 315 g/mol. The van der Waals surface area contributed by atoms with Gasteiger partial charge in [-0.05, 0) is 25.5 Å². The molecule has 19 heavy (non-hydrogen) atoms. The Morgan fingerprint density at radius 3 is 2.63 bits per heavy atom. The van der Waals surface area contributed by atoms with Crippen molar-refractivity contribution in [3.05, 3.63) is 22.8 Å². The average Bonchev–Trinajstić information content (AvgIpc) is 2.24. The minimum absolute atomic E-state index is 0.0641. The first-order valence-corrected chi connectivity index (χ1v) is 7.60. The molecule has 0 aliphatic carbocycles. The van der Waals surface area contributed by atoms with E-state index in [4.69, 9.17) is 11.6 Å². The van der Waals surface area contributed by atoms with Gasteiger partial charge in [-0.3, -0.25) is 4.21 Å². The second-order valence-electron chi connectivity index (χ2n) is 4.17. The Hall–Kier alpha value is -0.820. The van der Waals surface area contributed by atoms with E-state index < -0.39 is 22.5 Å². The summed E-state index contributed by atoms with van der Waals surface area (Å²) in [5, 5.41) is 2.60. The highest BCUT2D eigenvalue weighted by atomic mass is 35.5. The topological polar surface area (TPSA) is 42.0 Å². The molecule has 2 atom stereocenters. The zero-order valence-electron chi connectivity index (χ0n) is 10.4. The maximum Gasteiger partial charge on any atom is 0.416 e. The monoisotopic (exact) mass is 314 g/mol. The van der Waals surface area contributed by atoms with E-state index in [1.54, 1.807) is 13.2 Å². The summed E-state index contributed by atoms with van der Waals surface area (Å²) in [7, 11) is -0.933. The van der Waals surface area contributed by atoms with Gasteiger partial charge in [0.25, 0.3) is 0 Å². The molecule has 2 unspecified atom stereocenters. The lowest BCUT2D eigenvalue weighted by molar-refractivity contribution is -0.137. The van der Waals surface area contributed by atoms with Crippen molar-refractivity contribution in [1.82, 2.24) is 4.98 Å². The first-order valence-electron chi connectivity index (χ1n) is 5.50. The van der Waals surface area contributed by atoms with Crippen molar-refractivity contribution in [2.24, 2.45) is 0 Å². The number of nitrogens with zero attached hydrogens (tertiary/aromatic N) is 1. The largest absolute Gasteiger partial charge is 0.416 e. The van der Waals surface area contributed by atoms with Crippen LogP contribution >= 0.6 is 11.6 Å². The summed E-state index contributed by atoms with van der Waals surface area (Å²) in [6, 6.07) is 1.54. The maximum atomic E-state index is 12.6. The molecule has 0 aromatic carbocycles. The highest BCUT2D eigenvalue weighted by molar-refractivity contribution is 7.84. The van der Waals surface area contributed by atoms with Crippen LogP contribution in [0.2, 0.25) is 5.15 Å². The molecule has 8 heteroatoms. The van der Waals surface area contributed by atoms with Gasteiger partial charge in [-0.1, -0.05) is 11.6 Å². The molecule has 1 N–H and O–H groups in total. The molecule has 1 aromatic rings. The SMILES string of the molecule is CC(CCS(C)=O)Nc1cc(C(F)(F)F)cc(Cl)n1. The summed E-state index contributed by atoms with van der Waals surface area (Å²) in [5.74, 6) is 0.537. The number of hydrogen-bond acceptors (Lipinski definition) is 3. The number of alkyl halides is 3. The first-order chi connectivity index (χ1) is 8.68. The molecule has 0 amide bonds. The third kappa shape index (κ3) is 5.78. The minimum atomic E-state index is -4.46. The lowest BCUT2D eigenvalue weighted by atomic mass is 10.2. The van der Waals surface area contributed by atoms with Gasteiger partial charge in [-0.15, -0.1) is 0 Å². The van der Waals surface area contributed by atoms with Gasteiger partial charge in [-0.25, -0.2) is 4.98 Å². The number of nitrogens with one attached hydrogen (secondary N) is 1. The molecule has 108 valence electrons. The van der Waals surface area contributed by atoms with Crippen LogP contribution in [0.4, 0.5) is 19.0 Å². The van der Waals surface area contributed by atoms with Crippen LogP contribution in [0.1, 0.15) is 18.9 Å². The van der Waals surface area contributed by atoms with Crippen LogP contribution < -0.4 is 5.32 Å². The summed E-state index contributed by atoms with van der Waals surface area (Å²) >= 11 is 5.57. The highest BCUT2D eigenvalue weighted by Crippen LogP contribution is 2.32. The van der Waals surface area contributed by atoms with E-state index in [0.29, 0.717) is 12.2 Å². The van der Waals surface area contributed by atoms with Crippen LogP contribution in [-0.2, 0) is 17.0 Å². The van der Waals surface area contributed by atoms with Gasteiger partial charge in [0.05, 0.1) is 5.56 Å². The zero-order chi connectivity index (χ0) is 14.6. The summed E-state index contributed by atoms with van der Waals surface area (Å²) in [4.78, 5) is 3.79. The van der Waals surface area contributed by atoms with Crippen molar-refractivity contribution in [1.29, 1.82) is 0 Å². The molecule has 1 aromatic heterocycles. The van der Waals surface area contributed by atoms with Crippen LogP contribution in [-0.4, -0.2) is 27.2 Å². The molecule has 0 saturated carbocycles. The second kappa shape index (κ2) is 6.56. The predicted molar refractivity (Wildman–Crippen MR) is 70.9 cm³/mol. The Kier molecular flexibility index (Phi) is 5.61. The minimum Gasteiger partial charge on any atom is -0.368 e. The van der Waals surface area contributed by atoms with Gasteiger partial charge in [0.15, 0.2) is 0 Å². The fourth-order valence-electron chi connectivity index (χ4n) is 1.40. The number of anilines is 1. The van der Waals surface area contributed by atoms with E-state index in [9.17, 15) is 17.4 Å². The molecular formula is C11H14ClF3N2OS. The standard InChI is InChI=1S/C11H14ClF3N2OS/c1-7(3-4-19(2)18)16-10-6-8(11(13,14)15)5-9(12)17-10/h5-7H,3-4H2,1-2H3,(H,16,17). The third-order valence-electron chi connectivity index (χ3n) is 2.35. The summed E-state index contributed by atoms with van der Waals surface area (Å²) in [6.45, 7) is 1.78. The highest BCUT2D eigenvalue weighted by Gasteiger charge is 2.31. The Morgan fingerprint density at radius 2 is 2.11 bits per heavy atom. The first kappa shape index (κ1) is 16.2.